The van der Waals surface area contributed by atoms with Crippen molar-refractivity contribution in [2.45, 2.75) is 6.61 Å². The van der Waals surface area contributed by atoms with E-state index in [2.05, 4.69) is 16.2 Å². The van der Waals surface area contributed by atoms with Gasteiger partial charge in [0.2, 0.25) is 5.88 Å². The number of benzene rings is 2. The van der Waals surface area contributed by atoms with E-state index in [-0.39, 0.29) is 18.2 Å². The summed E-state index contributed by atoms with van der Waals surface area (Å²) >= 11 is 0. The number of pyridine rings is 1. The maximum absolute atomic E-state index is 13.8. The summed E-state index contributed by atoms with van der Waals surface area (Å²) < 4.78 is 34.3. The predicted molar refractivity (Wildman–Crippen MR) is 112 cm³/mol. The second-order valence-electron chi connectivity index (χ2n) is 6.61. The highest BCUT2D eigenvalue weighted by molar-refractivity contribution is 5.71. The molecule has 0 bridgehead atoms. The summed E-state index contributed by atoms with van der Waals surface area (Å²) in [6.07, 6.45) is 6.62. The number of nitriles is 1. The Morgan fingerprint density at radius 1 is 0.935 bits per heavy atom. The van der Waals surface area contributed by atoms with E-state index in [1.165, 1.54) is 35.1 Å². The van der Waals surface area contributed by atoms with Gasteiger partial charge < -0.3 is 4.74 Å². The van der Waals surface area contributed by atoms with Gasteiger partial charge in [-0.05, 0) is 47.0 Å². The van der Waals surface area contributed by atoms with E-state index in [4.69, 9.17) is 10.00 Å². The molecule has 0 unspecified atom stereocenters. The second-order valence-corrected chi connectivity index (χ2v) is 6.61. The quantitative estimate of drug-likeness (QED) is 0.409. The van der Waals surface area contributed by atoms with Gasteiger partial charge in [-0.3, -0.25) is 0 Å². The van der Waals surface area contributed by atoms with Crippen LogP contribution in [0.15, 0.2) is 73.1 Å². The van der Waals surface area contributed by atoms with Crippen molar-refractivity contribution in [3.63, 3.8) is 0 Å². The number of aromatic nitrogens is 3. The molecule has 0 aliphatic carbocycles. The highest BCUT2D eigenvalue weighted by Crippen LogP contribution is 2.21. The molecule has 7 heteroatoms. The normalized spacial score (nSPS) is 10.9. The fraction of sp³-hybridized carbons (Fsp3) is 0.0417. The van der Waals surface area contributed by atoms with Crippen molar-refractivity contribution >= 4 is 12.2 Å². The summed E-state index contributed by atoms with van der Waals surface area (Å²) in [7, 11) is 0. The zero-order valence-electron chi connectivity index (χ0n) is 16.2. The van der Waals surface area contributed by atoms with Crippen LogP contribution in [0.4, 0.5) is 8.78 Å². The molecular formula is C24H16F2N4O. The first-order valence-electron chi connectivity index (χ1n) is 9.38. The summed E-state index contributed by atoms with van der Waals surface area (Å²) in [5.74, 6) is 0.198. The van der Waals surface area contributed by atoms with Gasteiger partial charge in [0.15, 0.2) is 5.82 Å². The smallest absolute Gasteiger partial charge is 0.218 e. The topological polar surface area (TPSA) is 63.7 Å². The number of rotatable bonds is 6. The number of hydrogen-bond donors (Lipinski definition) is 0. The Labute approximate surface area is 177 Å². The highest BCUT2D eigenvalue weighted by Gasteiger charge is 2.10. The van der Waals surface area contributed by atoms with Gasteiger partial charge in [-0.2, -0.15) is 15.0 Å². The molecule has 5 nitrogen and oxygen atoms in total. The average molecular weight is 414 g/mol. The second kappa shape index (κ2) is 9.01. The van der Waals surface area contributed by atoms with Gasteiger partial charge in [0.05, 0.1) is 17.8 Å². The van der Waals surface area contributed by atoms with E-state index in [0.29, 0.717) is 22.8 Å². The van der Waals surface area contributed by atoms with Crippen LogP contribution < -0.4 is 4.74 Å². The fourth-order valence-electron chi connectivity index (χ4n) is 2.94. The van der Waals surface area contributed by atoms with Crippen LogP contribution in [-0.2, 0) is 6.61 Å². The van der Waals surface area contributed by atoms with Crippen molar-refractivity contribution in [2.24, 2.45) is 0 Å². The van der Waals surface area contributed by atoms with Gasteiger partial charge in [0, 0.05) is 18.3 Å². The molecule has 31 heavy (non-hydrogen) atoms. The van der Waals surface area contributed by atoms with Crippen LogP contribution in [0.5, 0.6) is 5.88 Å². The van der Waals surface area contributed by atoms with Crippen LogP contribution in [0.25, 0.3) is 18.0 Å². The maximum Gasteiger partial charge on any atom is 0.218 e. The Morgan fingerprint density at radius 2 is 1.74 bits per heavy atom. The first-order valence-corrected chi connectivity index (χ1v) is 9.38. The first-order chi connectivity index (χ1) is 15.1. The predicted octanol–water partition coefficient (Wildman–Crippen LogP) is 5.17. The lowest BCUT2D eigenvalue weighted by Gasteiger charge is -2.11. The maximum atomic E-state index is 13.8. The monoisotopic (exact) mass is 414 g/mol. The van der Waals surface area contributed by atoms with Crippen molar-refractivity contribution in [1.29, 1.82) is 5.26 Å². The largest absolute Gasteiger partial charge is 0.473 e. The molecule has 2 aromatic heterocycles. The third-order valence-electron chi connectivity index (χ3n) is 4.51. The van der Waals surface area contributed by atoms with Crippen LogP contribution in [0.3, 0.4) is 0 Å². The number of halogens is 2. The summed E-state index contributed by atoms with van der Waals surface area (Å²) in [5, 5.41) is 13.3. The van der Waals surface area contributed by atoms with Gasteiger partial charge in [-0.25, -0.2) is 13.8 Å². The van der Waals surface area contributed by atoms with Crippen molar-refractivity contribution in [3.8, 4) is 17.8 Å². The minimum atomic E-state index is -0.370. The SMILES string of the molecule is N#Cc1ccnc(-n2nccc2OCc2ccc(F)cc2/C=C/c2ccc(F)cc2)c1. The standard InChI is InChI=1S/C24H16F2N4O/c25-21-6-2-17(3-7-21)1-4-19-14-22(26)8-5-20(19)16-31-24-10-12-29-30(24)23-13-18(15-27)9-11-28-23/h1-14H,16H2/b4-1+. The zero-order chi connectivity index (χ0) is 21.6. The van der Waals surface area contributed by atoms with E-state index in [1.807, 2.05) is 0 Å². The minimum Gasteiger partial charge on any atom is -0.473 e. The zero-order valence-corrected chi connectivity index (χ0v) is 16.2. The average Bonchev–Trinajstić information content (AvgIpc) is 3.27. The Kier molecular flexibility index (Phi) is 5.81. The molecule has 2 aromatic carbocycles. The summed E-state index contributed by atoms with van der Waals surface area (Å²) in [4.78, 5) is 4.23. The third kappa shape index (κ3) is 4.82. The molecule has 0 spiro atoms. The minimum absolute atomic E-state index is 0.160. The van der Waals surface area contributed by atoms with Gasteiger partial charge in [-0.15, -0.1) is 0 Å². The molecule has 0 saturated heterocycles. The van der Waals surface area contributed by atoms with Crippen molar-refractivity contribution in [2.75, 3.05) is 0 Å². The molecule has 0 aliphatic rings. The molecule has 0 fully saturated rings. The highest BCUT2D eigenvalue weighted by atomic mass is 19.1. The summed E-state index contributed by atoms with van der Waals surface area (Å²) in [6, 6.07) is 17.4. The molecule has 0 aliphatic heterocycles. The van der Waals surface area contributed by atoms with Crippen LogP contribution in [-0.4, -0.2) is 14.8 Å². The Balaban J connectivity index is 1.55. The first kappa shape index (κ1) is 20.0. The van der Waals surface area contributed by atoms with Crippen LogP contribution >= 0.6 is 0 Å². The van der Waals surface area contributed by atoms with E-state index in [1.54, 1.807) is 54.7 Å². The molecule has 4 aromatic rings. The van der Waals surface area contributed by atoms with E-state index < -0.39 is 0 Å². The molecule has 0 amide bonds. The van der Waals surface area contributed by atoms with Crippen LogP contribution in [0.2, 0.25) is 0 Å². The van der Waals surface area contributed by atoms with Crippen LogP contribution in [0.1, 0.15) is 22.3 Å². The van der Waals surface area contributed by atoms with Gasteiger partial charge in [0.25, 0.3) is 0 Å². The van der Waals surface area contributed by atoms with Crippen molar-refractivity contribution in [3.05, 3.63) is 107 Å². The summed E-state index contributed by atoms with van der Waals surface area (Å²) in [5.41, 5.74) is 2.64. The Bertz CT molecular complexity index is 1270. The van der Waals surface area contributed by atoms with Crippen LogP contribution in [0, 0.1) is 23.0 Å². The Morgan fingerprint density at radius 3 is 2.55 bits per heavy atom. The fourth-order valence-corrected chi connectivity index (χ4v) is 2.94. The van der Waals surface area contributed by atoms with Crippen molar-refractivity contribution < 1.29 is 13.5 Å². The Hall–Kier alpha value is -4.31. The molecule has 152 valence electrons. The van der Waals surface area contributed by atoms with Crippen molar-refractivity contribution in [1.82, 2.24) is 14.8 Å². The molecule has 2 heterocycles. The van der Waals surface area contributed by atoms with Gasteiger partial charge in [-0.1, -0.05) is 30.4 Å². The lowest BCUT2D eigenvalue weighted by atomic mass is 10.1. The summed E-state index contributed by atoms with van der Waals surface area (Å²) in [6.45, 7) is 0.160. The molecule has 4 rings (SSSR count). The third-order valence-corrected chi connectivity index (χ3v) is 4.51. The molecule has 0 atom stereocenters. The number of nitrogens with zero attached hydrogens (tertiary/aromatic N) is 4. The molecule has 0 N–H and O–H groups in total. The molecule has 0 saturated carbocycles. The number of ether oxygens (including phenoxy) is 1. The number of hydrogen-bond acceptors (Lipinski definition) is 4. The van der Waals surface area contributed by atoms with Gasteiger partial charge >= 0.3 is 0 Å². The van der Waals surface area contributed by atoms with Gasteiger partial charge in [0.1, 0.15) is 18.2 Å². The van der Waals surface area contributed by atoms with E-state index >= 15 is 0 Å². The lowest BCUT2D eigenvalue weighted by Crippen LogP contribution is -2.06. The lowest BCUT2D eigenvalue weighted by molar-refractivity contribution is 0.284. The molecule has 0 radical (unpaired) electrons. The molecular weight excluding hydrogens is 398 g/mol. The van der Waals surface area contributed by atoms with E-state index in [9.17, 15) is 8.78 Å². The van der Waals surface area contributed by atoms with E-state index in [0.717, 1.165) is 11.1 Å².